The Morgan fingerprint density at radius 2 is 1.87 bits per heavy atom. The van der Waals surface area contributed by atoms with E-state index in [-0.39, 0.29) is 5.92 Å². The van der Waals surface area contributed by atoms with E-state index in [4.69, 9.17) is 0 Å². The molecule has 2 heteroatoms. The van der Waals surface area contributed by atoms with E-state index in [1.54, 1.807) is 6.20 Å². The van der Waals surface area contributed by atoms with Gasteiger partial charge in [0.2, 0.25) is 0 Å². The lowest BCUT2D eigenvalue weighted by molar-refractivity contribution is 1.07. The quantitative estimate of drug-likeness (QED) is 0.643. The lowest BCUT2D eigenvalue weighted by Gasteiger charge is -2.01. The van der Waals surface area contributed by atoms with Crippen molar-refractivity contribution in [3.63, 3.8) is 0 Å². The normalized spacial score (nSPS) is 16.6. The predicted octanol–water partition coefficient (Wildman–Crippen LogP) is 2.72. The third kappa shape index (κ3) is 1.01. The van der Waals surface area contributed by atoms with Crippen LogP contribution in [-0.4, -0.2) is 4.98 Å². The van der Waals surface area contributed by atoms with Crippen LogP contribution in [-0.2, 0) is 0 Å². The minimum absolute atomic E-state index is 0.148. The summed E-state index contributed by atoms with van der Waals surface area (Å²) in [6.07, 6.45) is 1.77. The first-order valence-corrected chi connectivity index (χ1v) is 4.85. The van der Waals surface area contributed by atoms with Gasteiger partial charge in [-0.25, -0.2) is 0 Å². The zero-order valence-corrected chi connectivity index (χ0v) is 8.01. The van der Waals surface area contributed by atoms with Crippen LogP contribution in [0.25, 0.3) is 11.3 Å². The lowest BCUT2D eigenvalue weighted by atomic mass is 9.99. The van der Waals surface area contributed by atoms with Crippen molar-refractivity contribution < 1.29 is 0 Å². The summed E-state index contributed by atoms with van der Waals surface area (Å²) in [7, 11) is 0. The van der Waals surface area contributed by atoms with E-state index in [1.165, 1.54) is 0 Å². The third-order valence-electron chi connectivity index (χ3n) is 2.81. The van der Waals surface area contributed by atoms with Gasteiger partial charge >= 0.3 is 0 Å². The Hall–Kier alpha value is -2.14. The summed E-state index contributed by atoms with van der Waals surface area (Å²) in [6, 6.07) is 14.2. The van der Waals surface area contributed by atoms with Gasteiger partial charge in [-0.2, -0.15) is 5.26 Å². The molecule has 0 fully saturated rings. The zero-order chi connectivity index (χ0) is 10.3. The molecule has 3 rings (SSSR count). The van der Waals surface area contributed by atoms with Crippen LogP contribution in [0.5, 0.6) is 0 Å². The number of pyridine rings is 1. The molecule has 0 radical (unpaired) electrons. The molecule has 1 unspecified atom stereocenters. The minimum atomic E-state index is -0.148. The molecule has 0 N–H and O–H groups in total. The number of rotatable bonds is 0. The molecule has 1 aromatic carbocycles. The molecule has 2 nitrogen and oxygen atoms in total. The number of nitriles is 1. The third-order valence-corrected chi connectivity index (χ3v) is 2.81. The van der Waals surface area contributed by atoms with Crippen molar-refractivity contribution in [1.29, 1.82) is 5.26 Å². The highest BCUT2D eigenvalue weighted by Crippen LogP contribution is 2.42. The molecule has 1 aromatic heterocycles. The predicted molar refractivity (Wildman–Crippen MR) is 57.1 cm³/mol. The van der Waals surface area contributed by atoms with Crippen molar-refractivity contribution in [2.75, 3.05) is 0 Å². The number of hydrogen-bond donors (Lipinski definition) is 0. The van der Waals surface area contributed by atoms with E-state index >= 15 is 0 Å². The van der Waals surface area contributed by atoms with Crippen molar-refractivity contribution in [3.8, 4) is 17.3 Å². The highest BCUT2D eigenvalue weighted by Gasteiger charge is 2.28. The van der Waals surface area contributed by atoms with Crippen molar-refractivity contribution in [3.05, 3.63) is 53.7 Å². The lowest BCUT2D eigenvalue weighted by Crippen LogP contribution is -1.91. The van der Waals surface area contributed by atoms with Gasteiger partial charge in [0.05, 0.1) is 17.7 Å². The van der Waals surface area contributed by atoms with Crippen LogP contribution >= 0.6 is 0 Å². The van der Waals surface area contributed by atoms with E-state index < -0.39 is 0 Å². The maximum absolute atomic E-state index is 9.18. The van der Waals surface area contributed by atoms with Gasteiger partial charge in [-0.15, -0.1) is 0 Å². The first kappa shape index (κ1) is 8.19. The SMILES string of the molecule is N#CC1c2ccccc2-c2ncccc21. The van der Waals surface area contributed by atoms with Crippen molar-refractivity contribution in [1.82, 2.24) is 4.98 Å². The van der Waals surface area contributed by atoms with Gasteiger partial charge < -0.3 is 0 Å². The molecule has 0 aliphatic heterocycles. The Kier molecular flexibility index (Phi) is 1.60. The molecular formula is C13H8N2. The second-order valence-corrected chi connectivity index (χ2v) is 3.59. The van der Waals surface area contributed by atoms with Crippen molar-refractivity contribution >= 4 is 0 Å². The Bertz CT molecular complexity index is 521. The molecule has 70 valence electrons. The summed E-state index contributed by atoms with van der Waals surface area (Å²) >= 11 is 0. The molecule has 0 amide bonds. The molecule has 0 saturated heterocycles. The summed E-state index contributed by atoms with van der Waals surface area (Å²) in [5.41, 5.74) is 4.16. The fourth-order valence-corrected chi connectivity index (χ4v) is 2.15. The molecule has 0 bridgehead atoms. The largest absolute Gasteiger partial charge is 0.256 e. The van der Waals surface area contributed by atoms with Gasteiger partial charge in [-0.05, 0) is 11.6 Å². The van der Waals surface area contributed by atoms with Crippen LogP contribution in [0.4, 0.5) is 0 Å². The number of aromatic nitrogens is 1. The van der Waals surface area contributed by atoms with Gasteiger partial charge in [-0.3, -0.25) is 4.98 Å². The highest BCUT2D eigenvalue weighted by atomic mass is 14.7. The van der Waals surface area contributed by atoms with Gasteiger partial charge in [0.15, 0.2) is 0 Å². The second kappa shape index (κ2) is 2.93. The molecule has 1 heterocycles. The second-order valence-electron chi connectivity index (χ2n) is 3.59. The monoisotopic (exact) mass is 192 g/mol. The number of hydrogen-bond acceptors (Lipinski definition) is 2. The first-order valence-electron chi connectivity index (χ1n) is 4.85. The van der Waals surface area contributed by atoms with Gasteiger partial charge in [0.1, 0.15) is 0 Å². The highest BCUT2D eigenvalue weighted by molar-refractivity contribution is 5.76. The van der Waals surface area contributed by atoms with Gasteiger partial charge in [-0.1, -0.05) is 30.3 Å². The zero-order valence-electron chi connectivity index (χ0n) is 8.01. The number of fused-ring (bicyclic) bond motifs is 3. The van der Waals surface area contributed by atoms with Gasteiger partial charge in [0.25, 0.3) is 0 Å². The van der Waals surface area contributed by atoms with Crippen molar-refractivity contribution in [2.24, 2.45) is 0 Å². The maximum Gasteiger partial charge on any atom is 0.0990 e. The molecule has 0 saturated carbocycles. The molecule has 1 aliphatic carbocycles. The standard InChI is InChI=1S/C13H8N2/c14-8-12-9-4-1-2-5-10(9)13-11(12)6-3-7-15-13/h1-7,12H. The van der Waals surface area contributed by atoms with Crippen molar-refractivity contribution in [2.45, 2.75) is 5.92 Å². The summed E-state index contributed by atoms with van der Waals surface area (Å²) in [5, 5.41) is 9.18. The van der Waals surface area contributed by atoms with Crippen LogP contribution in [0.3, 0.4) is 0 Å². The Labute approximate surface area is 87.8 Å². The summed E-state index contributed by atoms with van der Waals surface area (Å²) in [4.78, 5) is 4.35. The first-order chi connectivity index (χ1) is 7.42. The molecule has 0 spiro atoms. The fraction of sp³-hybridized carbons (Fsp3) is 0.0769. The molecule has 2 aromatic rings. The Morgan fingerprint density at radius 3 is 2.73 bits per heavy atom. The van der Waals surface area contributed by atoms with Crippen LogP contribution in [0.15, 0.2) is 42.6 Å². The van der Waals surface area contributed by atoms with E-state index in [1.807, 2.05) is 36.4 Å². The summed E-state index contributed by atoms with van der Waals surface area (Å²) in [6.45, 7) is 0. The minimum Gasteiger partial charge on any atom is -0.256 e. The Balaban J connectivity index is 2.37. The molecular weight excluding hydrogens is 184 g/mol. The van der Waals surface area contributed by atoms with Crippen LogP contribution in [0.1, 0.15) is 17.0 Å². The van der Waals surface area contributed by atoms with Crippen LogP contribution < -0.4 is 0 Å². The molecule has 1 atom stereocenters. The Morgan fingerprint density at radius 1 is 1.07 bits per heavy atom. The number of benzene rings is 1. The number of nitrogens with zero attached hydrogens (tertiary/aromatic N) is 2. The smallest absolute Gasteiger partial charge is 0.0990 e. The maximum atomic E-state index is 9.18. The van der Waals surface area contributed by atoms with E-state index in [9.17, 15) is 5.26 Å². The summed E-state index contributed by atoms with van der Waals surface area (Å²) < 4.78 is 0. The fourth-order valence-electron chi connectivity index (χ4n) is 2.15. The average Bonchev–Trinajstić information content (AvgIpc) is 2.63. The van der Waals surface area contributed by atoms with Crippen LogP contribution in [0.2, 0.25) is 0 Å². The van der Waals surface area contributed by atoms with Gasteiger partial charge in [0, 0.05) is 17.3 Å². The average molecular weight is 192 g/mol. The van der Waals surface area contributed by atoms with Crippen LogP contribution in [0, 0.1) is 11.3 Å². The van der Waals surface area contributed by atoms with E-state index in [0.717, 1.165) is 22.4 Å². The van der Waals surface area contributed by atoms with E-state index in [0.29, 0.717) is 0 Å². The summed E-state index contributed by atoms with van der Waals surface area (Å²) in [5.74, 6) is -0.148. The molecule has 1 aliphatic rings. The topological polar surface area (TPSA) is 36.7 Å². The van der Waals surface area contributed by atoms with E-state index in [2.05, 4.69) is 11.1 Å². The molecule has 15 heavy (non-hydrogen) atoms.